The van der Waals surface area contributed by atoms with Gasteiger partial charge in [0.2, 0.25) is 0 Å². The van der Waals surface area contributed by atoms with Crippen LogP contribution in [0.25, 0.3) is 0 Å². The summed E-state index contributed by atoms with van der Waals surface area (Å²) in [5.41, 5.74) is 5.61. The minimum atomic E-state index is -2.88. The second-order valence-electron chi connectivity index (χ2n) is 4.79. The molecule has 0 aliphatic carbocycles. The third kappa shape index (κ3) is 6.95. The van der Waals surface area contributed by atoms with E-state index in [2.05, 4.69) is 66.7 Å². The lowest BCUT2D eigenvalue weighted by atomic mass is 10.0. The van der Waals surface area contributed by atoms with Gasteiger partial charge in [-0.3, -0.25) is 0 Å². The maximum atomic E-state index is 8.83. The van der Waals surface area contributed by atoms with Gasteiger partial charge in [0.1, 0.15) is 0 Å². The van der Waals surface area contributed by atoms with Crippen molar-refractivity contribution >= 4 is 11.4 Å². The van der Waals surface area contributed by atoms with E-state index in [9.17, 15) is 0 Å². The summed E-state index contributed by atoms with van der Waals surface area (Å²) in [7, 11) is 0. The van der Waals surface area contributed by atoms with Gasteiger partial charge in [0.05, 0.1) is 11.4 Å². The van der Waals surface area contributed by atoms with Gasteiger partial charge in [-0.25, -0.2) is 4.21 Å². The van der Waals surface area contributed by atoms with Gasteiger partial charge in [0, 0.05) is 0 Å². The summed E-state index contributed by atoms with van der Waals surface area (Å²) in [5, 5.41) is 8.52. The fourth-order valence-corrected chi connectivity index (χ4v) is 2.02. The molecule has 0 amide bonds. The summed E-state index contributed by atoms with van der Waals surface area (Å²) >= 11 is -2.88. The van der Waals surface area contributed by atoms with Crippen LogP contribution in [-0.4, -0.2) is 8.76 Å². The maximum Gasteiger partial charge on any atom is 0.0748 e. The molecule has 22 heavy (non-hydrogen) atoms. The van der Waals surface area contributed by atoms with Crippen molar-refractivity contribution in [2.75, 3.05) is 0 Å². The van der Waals surface area contributed by atoms with Gasteiger partial charge in [-0.15, -0.1) is 0 Å². The zero-order chi connectivity index (χ0) is 16.4. The van der Waals surface area contributed by atoms with Crippen molar-refractivity contribution in [2.24, 2.45) is 0 Å². The molecule has 0 aliphatic rings. The van der Waals surface area contributed by atoms with Crippen molar-refractivity contribution in [3.63, 3.8) is 0 Å². The zero-order valence-corrected chi connectivity index (χ0v) is 13.6. The quantitative estimate of drug-likeness (QED) is 0.482. The van der Waals surface area contributed by atoms with E-state index in [1.165, 1.54) is 22.3 Å². The molecule has 2 rings (SSSR count). The van der Waals surface area contributed by atoms with E-state index < -0.39 is 11.4 Å². The van der Waals surface area contributed by atoms with Gasteiger partial charge in [-0.1, -0.05) is 62.4 Å². The highest BCUT2D eigenvalue weighted by molar-refractivity contribution is 7.73. The average Bonchev–Trinajstić information content (AvgIpc) is 2.57. The Morgan fingerprint density at radius 3 is 1.32 bits per heavy atom. The van der Waals surface area contributed by atoms with Gasteiger partial charge < -0.3 is 14.1 Å². The summed E-state index contributed by atoms with van der Waals surface area (Å²) in [6.45, 7) is 4.39. The lowest BCUT2D eigenvalue weighted by Gasteiger charge is -2.05. The molecule has 0 bridgehead atoms. The zero-order valence-electron chi connectivity index (χ0n) is 12.8. The molecule has 120 valence electrons. The van der Waals surface area contributed by atoms with Crippen LogP contribution in [0.3, 0.4) is 0 Å². The first-order chi connectivity index (χ1) is 10.6. The van der Waals surface area contributed by atoms with Crippen LogP contribution in [0.1, 0.15) is 36.1 Å². The first kappa shape index (κ1) is 18.5. The highest BCUT2D eigenvalue weighted by atomic mass is 32.2. The van der Waals surface area contributed by atoms with E-state index in [0.717, 1.165) is 19.3 Å². The summed E-state index contributed by atoms with van der Waals surface area (Å²) in [4.78, 5) is 0. The van der Waals surface area contributed by atoms with Crippen LogP contribution in [-0.2, 0) is 35.0 Å². The van der Waals surface area contributed by atoms with Crippen LogP contribution in [0.4, 0.5) is 0 Å². The van der Waals surface area contributed by atoms with Crippen molar-refractivity contribution in [2.45, 2.75) is 33.1 Å². The summed E-state index contributed by atoms with van der Waals surface area (Å²) < 4.78 is 20.1. The highest BCUT2D eigenvalue weighted by Crippen LogP contribution is 2.12. The lowest BCUT2D eigenvalue weighted by Crippen LogP contribution is -2.06. The number of hydrogen-bond donors (Lipinski definition) is 0. The first-order valence-corrected chi connectivity index (χ1v) is 8.14. The topological polar surface area (TPSA) is 72.4 Å². The first-order valence-electron chi connectivity index (χ1n) is 7.14. The van der Waals surface area contributed by atoms with E-state index >= 15 is 0 Å². The molecule has 4 nitrogen and oxygen atoms in total. The Labute approximate surface area is 134 Å². The Bertz CT molecular complexity index is 519. The largest absolute Gasteiger partial charge is 0.750 e. The Balaban J connectivity index is 0.000000422. The van der Waals surface area contributed by atoms with Crippen LogP contribution in [0.15, 0.2) is 48.5 Å². The molecule has 0 aromatic heterocycles. The van der Waals surface area contributed by atoms with Crippen molar-refractivity contribution < 1.29 is 18.4 Å². The van der Waals surface area contributed by atoms with E-state index in [4.69, 9.17) is 14.0 Å². The molecule has 0 fully saturated rings. The second-order valence-corrected chi connectivity index (χ2v) is 5.33. The molecule has 0 N–H and O–H groups in total. The molecular weight excluding hydrogens is 300 g/mol. The van der Waals surface area contributed by atoms with E-state index in [0.29, 0.717) is 0 Å². The molecule has 1 unspecified atom stereocenters. The van der Waals surface area contributed by atoms with Gasteiger partial charge >= 0.3 is 0 Å². The SMILES string of the molecule is CCc1ccc(Cc2ccc(CC)cc2)cc1.O=S([O-])O[O-]. The van der Waals surface area contributed by atoms with Crippen LogP contribution in [0.2, 0.25) is 0 Å². The third-order valence-electron chi connectivity index (χ3n) is 3.33. The average molecular weight is 320 g/mol. The smallest absolute Gasteiger partial charge is 0.0748 e. The Kier molecular flexibility index (Phi) is 8.62. The monoisotopic (exact) mass is 320 g/mol. The van der Waals surface area contributed by atoms with E-state index in [-0.39, 0.29) is 0 Å². The second kappa shape index (κ2) is 10.2. The number of benzene rings is 2. The molecular formula is C17H20O4S-2. The number of aryl methyl sites for hydroxylation is 2. The Morgan fingerprint density at radius 1 is 0.818 bits per heavy atom. The molecule has 0 aliphatic heterocycles. The lowest BCUT2D eigenvalue weighted by molar-refractivity contribution is -0.635. The highest BCUT2D eigenvalue weighted by Gasteiger charge is 1.97. The molecule has 0 heterocycles. The fraction of sp³-hybridized carbons (Fsp3) is 0.294. The van der Waals surface area contributed by atoms with Gasteiger partial charge in [-0.2, -0.15) is 0 Å². The van der Waals surface area contributed by atoms with Gasteiger partial charge in [0.15, 0.2) is 0 Å². The summed E-state index contributed by atoms with van der Waals surface area (Å²) in [5.74, 6) is 0. The van der Waals surface area contributed by atoms with E-state index in [1.54, 1.807) is 0 Å². The van der Waals surface area contributed by atoms with Gasteiger partial charge in [0.25, 0.3) is 0 Å². The minimum Gasteiger partial charge on any atom is -0.750 e. The van der Waals surface area contributed by atoms with Crippen LogP contribution >= 0.6 is 0 Å². The van der Waals surface area contributed by atoms with Crippen LogP contribution < -0.4 is 5.26 Å². The van der Waals surface area contributed by atoms with E-state index in [1.807, 2.05) is 0 Å². The fourth-order valence-electron chi connectivity index (χ4n) is 2.02. The molecule has 0 saturated carbocycles. The molecule has 5 heteroatoms. The minimum absolute atomic E-state index is 1.04. The molecule has 0 radical (unpaired) electrons. The van der Waals surface area contributed by atoms with Crippen LogP contribution in [0, 0.1) is 0 Å². The Morgan fingerprint density at radius 2 is 1.09 bits per heavy atom. The normalized spacial score (nSPS) is 11.5. The Hall–Kier alpha value is -1.53. The van der Waals surface area contributed by atoms with Gasteiger partial charge in [-0.05, 0) is 41.5 Å². The van der Waals surface area contributed by atoms with Crippen LogP contribution in [0.5, 0.6) is 0 Å². The summed E-state index contributed by atoms with van der Waals surface area (Å²) in [6.07, 6.45) is 3.27. The number of rotatable bonds is 5. The van der Waals surface area contributed by atoms with Crippen molar-refractivity contribution in [3.05, 3.63) is 70.8 Å². The molecule has 2 aromatic rings. The van der Waals surface area contributed by atoms with Crippen molar-refractivity contribution in [1.82, 2.24) is 0 Å². The predicted molar refractivity (Wildman–Crippen MR) is 84.5 cm³/mol. The number of hydrogen-bond acceptors (Lipinski definition) is 4. The molecule has 0 saturated heterocycles. The van der Waals surface area contributed by atoms with Crippen molar-refractivity contribution in [1.29, 1.82) is 0 Å². The van der Waals surface area contributed by atoms with Crippen molar-refractivity contribution in [3.8, 4) is 0 Å². The standard InChI is InChI=1S/C17H20.H2O4S/c1-3-14-5-9-16(10-6-14)13-17-11-7-15(4-2)8-12-17;1-4-5(2)3/h5-12H,3-4,13H2,1-2H3;1H,(H,2,3)/p-2. The maximum absolute atomic E-state index is 8.83. The molecule has 2 aromatic carbocycles. The molecule has 0 spiro atoms. The predicted octanol–water partition coefficient (Wildman–Crippen LogP) is 2.47. The molecule has 1 atom stereocenters. The summed E-state index contributed by atoms with van der Waals surface area (Å²) in [6, 6.07) is 17.9. The third-order valence-corrected chi connectivity index (χ3v) is 3.44.